The van der Waals surface area contributed by atoms with E-state index in [4.69, 9.17) is 9.47 Å². The molecule has 13 rings (SSSR count). The van der Waals surface area contributed by atoms with E-state index in [1.807, 2.05) is 163 Å². The van der Waals surface area contributed by atoms with Gasteiger partial charge in [0.25, 0.3) is 0 Å². The van der Waals surface area contributed by atoms with E-state index in [9.17, 15) is 9.59 Å². The van der Waals surface area contributed by atoms with Crippen LogP contribution >= 0.6 is 11.8 Å². The third-order valence-corrected chi connectivity index (χ3v) is 14.0. The molecule has 8 saturated heterocycles. The number of hydrogen-bond donors (Lipinski definition) is 10. The lowest BCUT2D eigenvalue weighted by molar-refractivity contribution is -0.119. The molecule has 1 unspecified atom stereocenters. The highest BCUT2D eigenvalue weighted by atomic mass is 32.2. The normalized spacial score (nSPS) is 19.1. The molecular formula is C78H181N11O5S. The van der Waals surface area contributed by atoms with Gasteiger partial charge in [0, 0.05) is 122 Å². The molecule has 584 valence electrons. The number of nitrogens with zero attached hydrogens (tertiary/aromatic N) is 1. The van der Waals surface area contributed by atoms with Crippen molar-refractivity contribution in [1.29, 1.82) is 0 Å². The molecule has 0 radical (unpaired) electrons. The summed E-state index contributed by atoms with van der Waals surface area (Å²) in [5, 5.41) is 31.0. The summed E-state index contributed by atoms with van der Waals surface area (Å²) in [6.07, 6.45) is 41.0. The Morgan fingerprint density at radius 1 is 0.389 bits per heavy atom. The number of morpholine rings is 1. The fourth-order valence-electron chi connectivity index (χ4n) is 8.16. The maximum Gasteiger partial charge on any atom is 0.409 e. The molecule has 9 heterocycles. The van der Waals surface area contributed by atoms with Crippen molar-refractivity contribution in [3.63, 3.8) is 0 Å². The molecule has 0 bridgehead atoms. The summed E-state index contributed by atoms with van der Waals surface area (Å²) in [5.41, 5.74) is 0. The van der Waals surface area contributed by atoms with Gasteiger partial charge in [-0.25, -0.2) is 4.79 Å². The number of ether oxygens (including phenoxy) is 3. The Labute approximate surface area is 603 Å². The minimum atomic E-state index is -0.208. The number of piperazine rings is 1. The van der Waals surface area contributed by atoms with Crippen LogP contribution in [-0.2, 0) is 19.0 Å². The number of likely N-dealkylation sites (N-methyl/N-ethyl adjacent to an activating group) is 1. The Bertz CT molecular complexity index is 1040. The number of thioether (sulfide) groups is 1. The van der Waals surface area contributed by atoms with Crippen LogP contribution in [0.4, 0.5) is 4.79 Å². The average molecular weight is 1390 g/mol. The van der Waals surface area contributed by atoms with Crippen molar-refractivity contribution >= 4 is 23.8 Å². The molecule has 1 atom stereocenters. The molecule has 4 aliphatic carbocycles. The van der Waals surface area contributed by atoms with Crippen LogP contribution in [-0.4, -0.2) is 173 Å². The van der Waals surface area contributed by atoms with Crippen LogP contribution < -0.4 is 53.2 Å². The van der Waals surface area contributed by atoms with Gasteiger partial charge in [0.2, 0.25) is 5.91 Å². The number of rotatable bonds is 0. The quantitative estimate of drug-likeness (QED) is 0.103. The highest BCUT2D eigenvalue weighted by molar-refractivity contribution is 7.99. The van der Waals surface area contributed by atoms with Gasteiger partial charge in [-0.15, -0.1) is 0 Å². The van der Waals surface area contributed by atoms with Crippen molar-refractivity contribution in [2.24, 2.45) is 11.8 Å². The Morgan fingerprint density at radius 3 is 0.821 bits per heavy atom. The van der Waals surface area contributed by atoms with Gasteiger partial charge in [0.15, 0.2) is 0 Å². The first-order valence-corrected chi connectivity index (χ1v) is 41.2. The van der Waals surface area contributed by atoms with Gasteiger partial charge in [0.1, 0.15) is 6.61 Å². The first-order valence-electron chi connectivity index (χ1n) is 40.1. The van der Waals surface area contributed by atoms with Crippen molar-refractivity contribution in [3.05, 3.63) is 24.6 Å². The van der Waals surface area contributed by atoms with Crippen LogP contribution in [0.25, 0.3) is 0 Å². The predicted molar refractivity (Wildman–Crippen MR) is 435 cm³/mol. The van der Waals surface area contributed by atoms with Crippen molar-refractivity contribution in [2.45, 2.75) is 307 Å². The van der Waals surface area contributed by atoms with Gasteiger partial charge in [-0.05, 0) is 57.5 Å². The fourth-order valence-corrected chi connectivity index (χ4v) is 8.94. The largest absolute Gasteiger partial charge is 0.448 e. The summed E-state index contributed by atoms with van der Waals surface area (Å²) in [4.78, 5) is 22.2. The summed E-state index contributed by atoms with van der Waals surface area (Å²) in [5.74, 6) is 4.22. The molecule has 0 spiro atoms. The molecule has 0 aromatic rings. The fraction of sp³-hybridized carbons (Fsp3) is 0.923. The van der Waals surface area contributed by atoms with Gasteiger partial charge >= 0.3 is 6.09 Å². The Balaban J connectivity index is -0.0000000875. The first-order chi connectivity index (χ1) is 46.5. The summed E-state index contributed by atoms with van der Waals surface area (Å²) >= 11 is 2.03. The number of amides is 2. The molecule has 11 fully saturated rings. The number of piperidine rings is 1. The maximum absolute atomic E-state index is 10.3. The van der Waals surface area contributed by atoms with Crippen LogP contribution in [0, 0.1) is 11.8 Å². The Hall–Kier alpha value is -2.19. The standard InChI is InChI=1S/C6H10.C5H9NO.C5H11N.3C5H10.C4H10N2.C4H7NO2.C4H9NO.C4H9NS.C4H8O.C3H8N2.C3H6N2.10C2H6.CH4/c1-2-4-6-5-3-1;1-4-2-5(7)6-3-4;1-2-4-6-5-3-1;3*1-2-4-5-3-1;1-2-6-4-3-5-1;1-5-2-3-7-4(5)6;2*1-3-6-4-2-5-1;1-4-2-5-3-4;2*1-2-5-3-4-1;10*1-2;/h1-2H,3-6H2;4H,2-3H2,1H3,(H,6,7);6H,1-5H2;3*1-5H2;5-6H,1-4H2;2-3H2,1H3;2*5H,1-4H2;4H,2-3H2,1H3;4-5H,1-3H2;1-2,4-5H,3H2;10*1-2H3;1H4. The molecule has 0 aromatic carbocycles. The molecular weight excluding hydrogens is 1200 g/mol. The third kappa shape index (κ3) is 122. The lowest BCUT2D eigenvalue weighted by atomic mass is 10.1. The second kappa shape index (κ2) is 128. The van der Waals surface area contributed by atoms with Gasteiger partial charge in [0.05, 0.1) is 39.6 Å². The number of nitrogens with one attached hydrogen (secondary N) is 10. The van der Waals surface area contributed by atoms with Crippen LogP contribution in [0.1, 0.15) is 307 Å². The minimum Gasteiger partial charge on any atom is -0.448 e. The van der Waals surface area contributed by atoms with Crippen molar-refractivity contribution in [3.8, 4) is 0 Å². The maximum atomic E-state index is 10.3. The number of hydrogen-bond acceptors (Lipinski definition) is 15. The molecule has 16 nitrogen and oxygen atoms in total. The summed E-state index contributed by atoms with van der Waals surface area (Å²) in [6.45, 7) is 65.9. The van der Waals surface area contributed by atoms with E-state index < -0.39 is 0 Å². The second-order valence-corrected chi connectivity index (χ2v) is 21.7. The van der Waals surface area contributed by atoms with Gasteiger partial charge in [-0.3, -0.25) is 4.79 Å². The Morgan fingerprint density at radius 2 is 0.716 bits per heavy atom. The summed E-state index contributed by atoms with van der Waals surface area (Å²) < 4.78 is 14.4. The van der Waals surface area contributed by atoms with Crippen molar-refractivity contribution in [1.82, 2.24) is 58.1 Å². The van der Waals surface area contributed by atoms with Gasteiger partial charge in [-0.2, -0.15) is 11.8 Å². The summed E-state index contributed by atoms with van der Waals surface area (Å²) in [7, 11) is 1.72. The molecule has 3 saturated carbocycles. The molecule has 9 aliphatic heterocycles. The van der Waals surface area contributed by atoms with E-state index in [-0.39, 0.29) is 19.4 Å². The van der Waals surface area contributed by atoms with E-state index in [0.717, 1.165) is 118 Å². The van der Waals surface area contributed by atoms with E-state index in [1.165, 1.54) is 179 Å². The number of allylic oxidation sites excluding steroid dienone is 2. The topological polar surface area (TPSA) is 185 Å². The lowest BCUT2D eigenvalue weighted by Crippen LogP contribution is -2.39. The third-order valence-electron chi connectivity index (χ3n) is 13.0. The van der Waals surface area contributed by atoms with Crippen molar-refractivity contribution < 1.29 is 23.8 Å². The lowest BCUT2D eigenvalue weighted by Gasteiger charge is -2.20. The summed E-state index contributed by atoms with van der Waals surface area (Å²) in [6, 6.07) is 0. The monoisotopic (exact) mass is 1380 g/mol. The number of carbonyl (C=O) groups excluding carboxylic acids is 2. The van der Waals surface area contributed by atoms with Gasteiger partial charge in [-0.1, -0.05) is 275 Å². The molecule has 13 aliphatic rings. The van der Waals surface area contributed by atoms with E-state index >= 15 is 0 Å². The second-order valence-electron chi connectivity index (χ2n) is 20.5. The Kier molecular flexibility index (Phi) is 158. The number of carbonyl (C=O) groups is 2. The molecule has 0 aromatic heterocycles. The van der Waals surface area contributed by atoms with E-state index in [2.05, 4.69) is 83.9 Å². The predicted octanol–water partition coefficient (Wildman–Crippen LogP) is 18.3. The zero-order valence-electron chi connectivity index (χ0n) is 67.9. The molecule has 17 heteroatoms. The molecule has 95 heavy (non-hydrogen) atoms. The minimum absolute atomic E-state index is 0. The van der Waals surface area contributed by atoms with E-state index in [0.29, 0.717) is 12.5 Å². The number of cyclic esters (lactones) is 1. The SMILES string of the molecule is C.C1=CCCCC1.C1=CNCN1.C1CCCC1.C1CCCC1.C1CCCC1.C1CCNCC1.C1CNCCN1.C1CNCN1.C1COCCN1.C1CSCCN1.CC.CC.CC.CC.CC.CC.CC.CC.CC.CC.CC1CNC(=O)C1.CC1COC1.CN1CCOC1=O. The average Bonchev–Trinajstić information content (AvgIpc) is 4.69. The van der Waals surface area contributed by atoms with Crippen LogP contribution in [0.3, 0.4) is 0 Å². The van der Waals surface area contributed by atoms with Crippen molar-refractivity contribution in [2.75, 3.05) is 157 Å². The van der Waals surface area contributed by atoms with Gasteiger partial charge < -0.3 is 72.3 Å². The van der Waals surface area contributed by atoms with Crippen LogP contribution in [0.15, 0.2) is 24.6 Å². The molecule has 2 amide bonds. The zero-order valence-corrected chi connectivity index (χ0v) is 68.7. The van der Waals surface area contributed by atoms with Crippen LogP contribution in [0.5, 0.6) is 0 Å². The zero-order chi connectivity index (χ0) is 73.1. The smallest absolute Gasteiger partial charge is 0.409 e. The van der Waals surface area contributed by atoms with E-state index in [1.54, 1.807) is 11.9 Å². The first kappa shape index (κ1) is 117. The van der Waals surface area contributed by atoms with Crippen LogP contribution in [0.2, 0.25) is 0 Å². The molecule has 10 N–H and O–H groups in total. The highest BCUT2D eigenvalue weighted by Crippen LogP contribution is 2.16. The highest BCUT2D eigenvalue weighted by Gasteiger charge is 2.16.